The Morgan fingerprint density at radius 1 is 1.15 bits per heavy atom. The lowest BCUT2D eigenvalue weighted by atomic mass is 9.78. The topological polar surface area (TPSA) is 99.9 Å². The minimum atomic E-state index is -1.14. The van der Waals surface area contributed by atoms with Crippen molar-refractivity contribution in [3.8, 4) is 11.1 Å². The third kappa shape index (κ3) is 5.71. The molecule has 0 unspecified atom stereocenters. The first kappa shape index (κ1) is 24.5. The number of hydrogen-bond acceptors (Lipinski definition) is 5. The van der Waals surface area contributed by atoms with Crippen molar-refractivity contribution in [2.45, 2.75) is 75.6 Å². The molecule has 2 aromatic rings. The third-order valence-electron chi connectivity index (χ3n) is 6.68. The summed E-state index contributed by atoms with van der Waals surface area (Å²) >= 11 is 0. The zero-order chi connectivity index (χ0) is 24.2. The van der Waals surface area contributed by atoms with Crippen molar-refractivity contribution >= 4 is 12.0 Å². The Bertz CT molecular complexity index is 1040. The first-order chi connectivity index (χ1) is 16.4. The van der Waals surface area contributed by atoms with Crippen LogP contribution in [0.1, 0.15) is 79.3 Å². The Labute approximate surface area is 199 Å². The number of aliphatic hydroxyl groups excluding tert-OH is 2. The van der Waals surface area contributed by atoms with Gasteiger partial charge in [-0.3, -0.25) is 9.78 Å². The summed E-state index contributed by atoms with van der Waals surface area (Å²) in [5.41, 5.74) is 5.70. The fourth-order valence-corrected chi connectivity index (χ4v) is 4.62. The quantitative estimate of drug-likeness (QED) is 0.438. The van der Waals surface area contributed by atoms with E-state index in [4.69, 9.17) is 14.8 Å². The molecule has 182 valence electrons. The second-order valence-electron chi connectivity index (χ2n) is 9.41. The molecule has 2 aliphatic carbocycles. The molecule has 0 radical (unpaired) electrons. The van der Waals surface area contributed by atoms with Gasteiger partial charge in [0.25, 0.3) is 0 Å². The number of hydrogen-bond donors (Lipinski definition) is 3. The van der Waals surface area contributed by atoms with Crippen molar-refractivity contribution in [1.29, 1.82) is 0 Å². The number of aromatic nitrogens is 1. The van der Waals surface area contributed by atoms with Crippen molar-refractivity contribution in [2.75, 3.05) is 7.11 Å². The number of rotatable bonds is 11. The van der Waals surface area contributed by atoms with E-state index in [1.807, 2.05) is 6.08 Å². The zero-order valence-corrected chi connectivity index (χ0v) is 19.4. The van der Waals surface area contributed by atoms with Crippen LogP contribution in [0.15, 0.2) is 30.3 Å². The lowest BCUT2D eigenvalue weighted by Gasteiger charge is -2.30. The molecule has 0 bridgehead atoms. The van der Waals surface area contributed by atoms with Crippen LogP contribution in [0.25, 0.3) is 17.2 Å². The molecule has 1 aromatic carbocycles. The first-order valence-corrected chi connectivity index (χ1v) is 11.9. The van der Waals surface area contributed by atoms with Crippen LogP contribution < -0.4 is 0 Å². The molecule has 4 rings (SSSR count). The van der Waals surface area contributed by atoms with Gasteiger partial charge in [-0.15, -0.1) is 0 Å². The predicted molar refractivity (Wildman–Crippen MR) is 127 cm³/mol. The van der Waals surface area contributed by atoms with Crippen LogP contribution in [0.5, 0.6) is 0 Å². The van der Waals surface area contributed by atoms with Gasteiger partial charge in [0.1, 0.15) is 5.82 Å². The minimum Gasteiger partial charge on any atom is -0.481 e. The second-order valence-corrected chi connectivity index (χ2v) is 9.41. The van der Waals surface area contributed by atoms with E-state index < -0.39 is 24.6 Å². The lowest BCUT2D eigenvalue weighted by molar-refractivity contribution is -0.139. The zero-order valence-electron chi connectivity index (χ0n) is 19.4. The minimum absolute atomic E-state index is 0.0774. The van der Waals surface area contributed by atoms with Crippen LogP contribution in [-0.2, 0) is 16.1 Å². The second kappa shape index (κ2) is 10.8. The lowest BCUT2D eigenvalue weighted by Crippen LogP contribution is -2.19. The fraction of sp³-hybridized carbons (Fsp3) is 0.481. The van der Waals surface area contributed by atoms with Gasteiger partial charge in [0.2, 0.25) is 0 Å². The van der Waals surface area contributed by atoms with E-state index in [0.29, 0.717) is 18.4 Å². The summed E-state index contributed by atoms with van der Waals surface area (Å²) < 4.78 is 19.3. The van der Waals surface area contributed by atoms with Crippen LogP contribution in [-0.4, -0.2) is 45.6 Å². The van der Waals surface area contributed by atoms with E-state index in [1.165, 1.54) is 18.6 Å². The maximum absolute atomic E-state index is 13.8. The first-order valence-electron chi connectivity index (χ1n) is 11.9. The van der Waals surface area contributed by atoms with E-state index in [9.17, 15) is 19.4 Å². The third-order valence-corrected chi connectivity index (χ3v) is 6.68. The average molecular weight is 470 g/mol. The number of benzene rings is 1. The molecule has 0 saturated heterocycles. The van der Waals surface area contributed by atoms with Gasteiger partial charge in [0.15, 0.2) is 0 Å². The van der Waals surface area contributed by atoms with Crippen LogP contribution in [0.3, 0.4) is 0 Å². The Hall–Kier alpha value is -2.61. The molecule has 2 aliphatic rings. The van der Waals surface area contributed by atoms with E-state index in [-0.39, 0.29) is 12.2 Å². The van der Waals surface area contributed by atoms with Crippen molar-refractivity contribution in [1.82, 2.24) is 4.98 Å². The highest BCUT2D eigenvalue weighted by Crippen LogP contribution is 2.48. The van der Waals surface area contributed by atoms with Crippen LogP contribution in [0, 0.1) is 5.82 Å². The number of halogens is 1. The molecule has 0 spiro atoms. The Morgan fingerprint density at radius 2 is 1.82 bits per heavy atom. The van der Waals surface area contributed by atoms with Gasteiger partial charge in [0.05, 0.1) is 30.9 Å². The number of carbonyl (C=O) groups is 1. The number of methoxy groups -OCH3 is 1. The SMILES string of the molecule is COCc1c(C2CCC2)nc(C2CC2)c(/C=C/[C@@H](O)C[C@@H](O)CC(=O)O)c1-c1ccc(F)cc1. The molecular weight excluding hydrogens is 437 g/mol. The molecule has 1 heterocycles. The standard InChI is InChI=1S/C27H32FNO5/c1-34-15-23-25(16-7-9-19(28)10-8-16)22(12-11-20(30)13-21(31)14-24(32)33)26(18-5-6-18)29-27(23)17-3-2-4-17/h7-12,17-18,20-21,30-31H,2-6,13-15H2,1H3,(H,32,33)/b12-11+/t20-,21-/m1/s1. The number of carboxylic acid groups (broad SMARTS) is 1. The normalized spacial score (nSPS) is 18.1. The van der Waals surface area contributed by atoms with Gasteiger partial charge in [-0.1, -0.05) is 30.7 Å². The van der Waals surface area contributed by atoms with Crippen LogP contribution in [0.2, 0.25) is 0 Å². The average Bonchev–Trinajstić information content (AvgIpc) is 3.57. The summed E-state index contributed by atoms with van der Waals surface area (Å²) in [4.78, 5) is 16.0. The molecule has 0 aliphatic heterocycles. The summed E-state index contributed by atoms with van der Waals surface area (Å²) in [6, 6.07) is 6.40. The Balaban J connectivity index is 1.80. The Kier molecular flexibility index (Phi) is 7.76. The van der Waals surface area contributed by atoms with Crippen LogP contribution >= 0.6 is 0 Å². The maximum atomic E-state index is 13.8. The molecule has 2 saturated carbocycles. The number of nitrogens with zero attached hydrogens (tertiary/aromatic N) is 1. The van der Waals surface area contributed by atoms with E-state index in [0.717, 1.165) is 59.3 Å². The molecule has 1 aromatic heterocycles. The Morgan fingerprint density at radius 3 is 2.38 bits per heavy atom. The van der Waals surface area contributed by atoms with Crippen molar-refractivity contribution in [3.63, 3.8) is 0 Å². The summed E-state index contributed by atoms with van der Waals surface area (Å²) in [5, 5.41) is 29.2. The van der Waals surface area contributed by atoms with E-state index in [2.05, 4.69) is 0 Å². The van der Waals surface area contributed by atoms with Crippen molar-refractivity contribution in [2.24, 2.45) is 0 Å². The molecule has 0 amide bonds. The monoisotopic (exact) mass is 469 g/mol. The van der Waals surface area contributed by atoms with Gasteiger partial charge in [-0.05, 0) is 48.9 Å². The molecule has 6 nitrogen and oxygen atoms in total. The summed E-state index contributed by atoms with van der Waals surface area (Å²) in [7, 11) is 1.65. The van der Waals surface area contributed by atoms with Gasteiger partial charge in [-0.2, -0.15) is 0 Å². The number of aliphatic hydroxyl groups is 2. The van der Waals surface area contributed by atoms with Gasteiger partial charge < -0.3 is 20.1 Å². The van der Waals surface area contributed by atoms with Gasteiger partial charge in [-0.25, -0.2) is 4.39 Å². The summed E-state index contributed by atoms with van der Waals surface area (Å²) in [6.07, 6.45) is 6.20. The number of pyridine rings is 1. The van der Waals surface area contributed by atoms with Crippen molar-refractivity contribution < 1.29 is 29.2 Å². The fourth-order valence-electron chi connectivity index (χ4n) is 4.62. The predicted octanol–water partition coefficient (Wildman–Crippen LogP) is 4.78. The molecule has 2 fully saturated rings. The smallest absolute Gasteiger partial charge is 0.305 e. The van der Waals surface area contributed by atoms with Crippen molar-refractivity contribution in [3.05, 3.63) is 58.7 Å². The number of carboxylic acids is 1. The van der Waals surface area contributed by atoms with E-state index >= 15 is 0 Å². The van der Waals surface area contributed by atoms with Gasteiger partial charge >= 0.3 is 5.97 Å². The maximum Gasteiger partial charge on any atom is 0.305 e. The molecule has 7 heteroatoms. The van der Waals surface area contributed by atoms with Gasteiger partial charge in [0, 0.05) is 42.2 Å². The molecule has 3 N–H and O–H groups in total. The summed E-state index contributed by atoms with van der Waals surface area (Å²) in [6.45, 7) is 0.372. The molecular formula is C27H32FNO5. The summed E-state index contributed by atoms with van der Waals surface area (Å²) in [5.74, 6) is -0.702. The van der Waals surface area contributed by atoms with Crippen LogP contribution in [0.4, 0.5) is 4.39 Å². The molecule has 34 heavy (non-hydrogen) atoms. The number of aliphatic carboxylic acids is 1. The highest BCUT2D eigenvalue weighted by Gasteiger charge is 2.34. The molecule has 2 atom stereocenters. The highest BCUT2D eigenvalue weighted by molar-refractivity contribution is 5.80. The largest absolute Gasteiger partial charge is 0.481 e. The number of ether oxygens (including phenoxy) is 1. The highest BCUT2D eigenvalue weighted by atomic mass is 19.1. The van der Waals surface area contributed by atoms with E-state index in [1.54, 1.807) is 25.3 Å².